The van der Waals surface area contributed by atoms with E-state index in [2.05, 4.69) is 0 Å². The summed E-state index contributed by atoms with van der Waals surface area (Å²) >= 11 is 5.85. The maximum Gasteiger partial charge on any atom is 0.333 e. The van der Waals surface area contributed by atoms with Gasteiger partial charge in [-0.2, -0.15) is 0 Å². The summed E-state index contributed by atoms with van der Waals surface area (Å²) < 4.78 is 5.37. The molecule has 0 radical (unpaired) electrons. The fourth-order valence-corrected chi connectivity index (χ4v) is 1.84. The highest BCUT2D eigenvalue weighted by molar-refractivity contribution is 6.30. The van der Waals surface area contributed by atoms with Gasteiger partial charge in [0.05, 0.1) is 6.10 Å². The molecule has 1 rings (SSSR count). The molecule has 0 aliphatic heterocycles. The van der Waals surface area contributed by atoms with E-state index in [-0.39, 0.29) is 6.10 Å². The number of rotatable bonds is 5. The van der Waals surface area contributed by atoms with Crippen molar-refractivity contribution in [3.05, 3.63) is 34.3 Å². The Labute approximate surface area is 106 Å². The lowest BCUT2D eigenvalue weighted by Crippen LogP contribution is -2.29. The highest BCUT2D eigenvalue weighted by Gasteiger charge is 2.20. The van der Waals surface area contributed by atoms with Crippen LogP contribution in [-0.4, -0.2) is 23.3 Å². The molecule has 1 N–H and O–H groups in total. The zero-order valence-electron chi connectivity index (χ0n) is 10.2. The van der Waals surface area contributed by atoms with Gasteiger partial charge >= 0.3 is 5.97 Å². The number of aliphatic carboxylic acids is 1. The van der Waals surface area contributed by atoms with E-state index in [1.165, 1.54) is 0 Å². The lowest BCUT2D eigenvalue weighted by Gasteiger charge is -2.17. The van der Waals surface area contributed by atoms with Crippen LogP contribution < -0.4 is 0 Å². The van der Waals surface area contributed by atoms with Gasteiger partial charge in [-0.25, -0.2) is 4.79 Å². The fourth-order valence-electron chi connectivity index (χ4n) is 1.61. The summed E-state index contributed by atoms with van der Waals surface area (Å²) in [6, 6.07) is 5.43. The van der Waals surface area contributed by atoms with E-state index in [1.54, 1.807) is 6.07 Å². The normalized spacial score (nSPS) is 12.8. The summed E-state index contributed by atoms with van der Waals surface area (Å²) in [5.74, 6) is -0.937. The second-order valence-corrected chi connectivity index (χ2v) is 4.72. The van der Waals surface area contributed by atoms with Crippen molar-refractivity contribution in [2.24, 2.45) is 0 Å². The van der Waals surface area contributed by atoms with Crippen molar-refractivity contribution in [2.75, 3.05) is 0 Å². The zero-order valence-corrected chi connectivity index (χ0v) is 11.0. The van der Waals surface area contributed by atoms with Gasteiger partial charge in [0.15, 0.2) is 6.10 Å². The maximum atomic E-state index is 11.1. The Morgan fingerprint density at radius 1 is 1.47 bits per heavy atom. The Hall–Kier alpha value is -1.06. The maximum absolute atomic E-state index is 11.1. The van der Waals surface area contributed by atoms with E-state index in [9.17, 15) is 4.79 Å². The van der Waals surface area contributed by atoms with Crippen LogP contribution in [0.4, 0.5) is 0 Å². The molecule has 0 aromatic heterocycles. The second-order valence-electron chi connectivity index (χ2n) is 4.29. The van der Waals surface area contributed by atoms with Gasteiger partial charge < -0.3 is 9.84 Å². The van der Waals surface area contributed by atoms with Crippen molar-refractivity contribution in [3.63, 3.8) is 0 Å². The molecule has 3 nitrogen and oxygen atoms in total. The van der Waals surface area contributed by atoms with Crippen molar-refractivity contribution in [1.82, 2.24) is 0 Å². The third-order valence-electron chi connectivity index (χ3n) is 2.42. The van der Waals surface area contributed by atoms with Crippen LogP contribution >= 0.6 is 11.6 Å². The van der Waals surface area contributed by atoms with Crippen molar-refractivity contribution in [1.29, 1.82) is 0 Å². The number of benzene rings is 1. The molecule has 4 heteroatoms. The molecular formula is C13H17ClO3. The van der Waals surface area contributed by atoms with Crippen molar-refractivity contribution >= 4 is 17.6 Å². The van der Waals surface area contributed by atoms with Crippen LogP contribution in [0.2, 0.25) is 5.02 Å². The summed E-state index contributed by atoms with van der Waals surface area (Å²) in [6.07, 6.45) is -0.560. The van der Waals surface area contributed by atoms with E-state index in [0.717, 1.165) is 11.1 Å². The van der Waals surface area contributed by atoms with Gasteiger partial charge in [-0.15, -0.1) is 0 Å². The van der Waals surface area contributed by atoms with Gasteiger partial charge in [-0.3, -0.25) is 0 Å². The number of aryl methyl sites for hydroxylation is 1. The first-order valence-corrected chi connectivity index (χ1v) is 5.91. The molecule has 0 fully saturated rings. The molecule has 0 aliphatic carbocycles. The van der Waals surface area contributed by atoms with Crippen LogP contribution in [0, 0.1) is 6.92 Å². The standard InChI is InChI=1S/C13H17ClO3/c1-8(2)17-12(13(15)16)7-10-4-5-11(14)6-9(10)3/h4-6,8,12H,7H2,1-3H3,(H,15,16)/t12-/m1/s1. The van der Waals surface area contributed by atoms with Gasteiger partial charge in [0, 0.05) is 11.4 Å². The summed E-state index contributed by atoms with van der Waals surface area (Å²) in [7, 11) is 0. The van der Waals surface area contributed by atoms with Gasteiger partial charge in [0.1, 0.15) is 0 Å². The number of carboxylic acids is 1. The van der Waals surface area contributed by atoms with Crippen LogP contribution in [0.5, 0.6) is 0 Å². The molecule has 0 unspecified atom stereocenters. The first kappa shape index (κ1) is 14.0. The van der Waals surface area contributed by atoms with Gasteiger partial charge in [0.2, 0.25) is 0 Å². The summed E-state index contributed by atoms with van der Waals surface area (Å²) in [5, 5.41) is 9.73. The number of hydrogen-bond acceptors (Lipinski definition) is 2. The third kappa shape index (κ3) is 4.36. The largest absolute Gasteiger partial charge is 0.479 e. The van der Waals surface area contributed by atoms with E-state index >= 15 is 0 Å². The van der Waals surface area contributed by atoms with E-state index in [1.807, 2.05) is 32.9 Å². The minimum absolute atomic E-state index is 0.108. The predicted molar refractivity (Wildman–Crippen MR) is 67.5 cm³/mol. The van der Waals surface area contributed by atoms with Crippen LogP contribution in [0.3, 0.4) is 0 Å². The fraction of sp³-hybridized carbons (Fsp3) is 0.462. The van der Waals surface area contributed by atoms with Crippen molar-refractivity contribution in [2.45, 2.75) is 39.4 Å². The molecule has 0 saturated heterocycles. The smallest absolute Gasteiger partial charge is 0.333 e. The molecule has 0 saturated carbocycles. The molecule has 1 atom stereocenters. The molecule has 1 aromatic carbocycles. The summed E-state index contributed by atoms with van der Waals surface area (Å²) in [5.41, 5.74) is 1.93. The molecule has 1 aromatic rings. The predicted octanol–water partition coefficient (Wildman–Crippen LogP) is 3.07. The minimum atomic E-state index is -0.937. The van der Waals surface area contributed by atoms with Gasteiger partial charge in [-0.05, 0) is 44.0 Å². The Bertz CT molecular complexity index is 402. The molecule has 0 bridgehead atoms. The monoisotopic (exact) mass is 256 g/mol. The van der Waals surface area contributed by atoms with E-state index in [0.29, 0.717) is 11.4 Å². The first-order chi connectivity index (χ1) is 7.90. The van der Waals surface area contributed by atoms with E-state index < -0.39 is 12.1 Å². The highest BCUT2D eigenvalue weighted by Crippen LogP contribution is 2.18. The molecule has 0 amide bonds. The summed E-state index contributed by atoms with van der Waals surface area (Å²) in [6.45, 7) is 5.56. The SMILES string of the molecule is Cc1cc(Cl)ccc1C[C@@H](OC(C)C)C(=O)O. The number of carboxylic acid groups (broad SMARTS) is 1. The molecule has 0 spiro atoms. The average Bonchev–Trinajstić information content (AvgIpc) is 2.19. The lowest BCUT2D eigenvalue weighted by molar-refractivity contribution is -0.153. The number of halogens is 1. The van der Waals surface area contributed by atoms with Crippen LogP contribution in [0.15, 0.2) is 18.2 Å². The number of ether oxygens (including phenoxy) is 1. The van der Waals surface area contributed by atoms with Crippen LogP contribution in [-0.2, 0) is 16.0 Å². The minimum Gasteiger partial charge on any atom is -0.479 e. The van der Waals surface area contributed by atoms with Crippen LogP contribution in [0.1, 0.15) is 25.0 Å². The quantitative estimate of drug-likeness (QED) is 0.881. The molecular weight excluding hydrogens is 240 g/mol. The Morgan fingerprint density at radius 2 is 2.12 bits per heavy atom. The zero-order chi connectivity index (χ0) is 13.0. The number of hydrogen-bond donors (Lipinski definition) is 1. The Balaban J connectivity index is 2.82. The highest BCUT2D eigenvalue weighted by atomic mass is 35.5. The summed E-state index contributed by atoms with van der Waals surface area (Å²) in [4.78, 5) is 11.1. The molecule has 94 valence electrons. The topological polar surface area (TPSA) is 46.5 Å². The van der Waals surface area contributed by atoms with E-state index in [4.69, 9.17) is 21.4 Å². The lowest BCUT2D eigenvalue weighted by atomic mass is 10.0. The second kappa shape index (κ2) is 6.03. The number of carbonyl (C=O) groups is 1. The average molecular weight is 257 g/mol. The molecule has 0 aliphatic rings. The van der Waals surface area contributed by atoms with Gasteiger partial charge in [0.25, 0.3) is 0 Å². The Kier molecular flexibility index (Phi) is 4.97. The van der Waals surface area contributed by atoms with Crippen LogP contribution in [0.25, 0.3) is 0 Å². The van der Waals surface area contributed by atoms with Gasteiger partial charge in [-0.1, -0.05) is 17.7 Å². The first-order valence-electron chi connectivity index (χ1n) is 5.53. The van der Waals surface area contributed by atoms with Crippen molar-refractivity contribution in [3.8, 4) is 0 Å². The Morgan fingerprint density at radius 3 is 2.59 bits per heavy atom. The third-order valence-corrected chi connectivity index (χ3v) is 2.66. The molecule has 0 heterocycles. The molecule has 17 heavy (non-hydrogen) atoms. The van der Waals surface area contributed by atoms with Crippen molar-refractivity contribution < 1.29 is 14.6 Å².